The Labute approximate surface area is 98.9 Å². The minimum atomic E-state index is 0.561. The van der Waals surface area contributed by atoms with Crippen molar-refractivity contribution in [2.75, 3.05) is 18.9 Å². The van der Waals surface area contributed by atoms with Crippen LogP contribution >= 0.6 is 0 Å². The number of aryl methyl sites for hydroxylation is 1. The highest BCUT2D eigenvalue weighted by Gasteiger charge is 2.16. The highest BCUT2D eigenvalue weighted by Crippen LogP contribution is 2.39. The van der Waals surface area contributed by atoms with Crippen LogP contribution in [0, 0.1) is 6.92 Å². The van der Waals surface area contributed by atoms with Crippen molar-refractivity contribution in [1.82, 2.24) is 0 Å². The van der Waals surface area contributed by atoms with E-state index in [1.807, 2.05) is 25.1 Å². The number of hydrogen-bond acceptors (Lipinski definition) is 4. The molecule has 0 bridgehead atoms. The standard InChI is InChI=1S/C13H13NO3/c1-8-2-3-11(17-8)9-6-12-13(7-10(9)14)16-5-4-15-12/h2-3,6-7H,4-5,14H2,1H3. The molecule has 0 fully saturated rings. The fraction of sp³-hybridized carbons (Fsp3) is 0.231. The molecule has 0 saturated carbocycles. The van der Waals surface area contributed by atoms with Gasteiger partial charge < -0.3 is 19.6 Å². The Morgan fingerprint density at radius 3 is 2.41 bits per heavy atom. The van der Waals surface area contributed by atoms with Gasteiger partial charge in [0.1, 0.15) is 24.7 Å². The summed E-state index contributed by atoms with van der Waals surface area (Å²) in [5.74, 6) is 3.02. The van der Waals surface area contributed by atoms with Crippen LogP contribution in [0.1, 0.15) is 5.76 Å². The van der Waals surface area contributed by atoms with Gasteiger partial charge in [-0.15, -0.1) is 0 Å². The predicted octanol–water partition coefficient (Wildman–Crippen LogP) is 2.61. The van der Waals surface area contributed by atoms with Gasteiger partial charge in [-0.25, -0.2) is 0 Å². The first-order valence-corrected chi connectivity index (χ1v) is 5.50. The number of benzene rings is 1. The Morgan fingerprint density at radius 1 is 1.06 bits per heavy atom. The zero-order valence-electron chi connectivity index (χ0n) is 9.53. The second kappa shape index (κ2) is 3.73. The van der Waals surface area contributed by atoms with E-state index in [4.69, 9.17) is 19.6 Å². The fourth-order valence-electron chi connectivity index (χ4n) is 1.90. The molecule has 4 nitrogen and oxygen atoms in total. The summed E-state index contributed by atoms with van der Waals surface area (Å²) in [5, 5.41) is 0. The molecule has 0 saturated heterocycles. The number of fused-ring (bicyclic) bond motifs is 1. The summed E-state index contributed by atoms with van der Waals surface area (Å²) in [7, 11) is 0. The number of furan rings is 1. The zero-order valence-corrected chi connectivity index (χ0v) is 9.53. The molecule has 4 heteroatoms. The van der Waals surface area contributed by atoms with Gasteiger partial charge in [-0.1, -0.05) is 0 Å². The molecule has 1 aliphatic heterocycles. The van der Waals surface area contributed by atoms with Gasteiger partial charge in [0.2, 0.25) is 0 Å². The monoisotopic (exact) mass is 231 g/mol. The van der Waals surface area contributed by atoms with Gasteiger partial charge in [-0.2, -0.15) is 0 Å². The maximum atomic E-state index is 5.99. The zero-order chi connectivity index (χ0) is 11.8. The minimum Gasteiger partial charge on any atom is -0.486 e. The smallest absolute Gasteiger partial charge is 0.163 e. The third-order valence-corrected chi connectivity index (χ3v) is 2.72. The van der Waals surface area contributed by atoms with E-state index in [1.54, 1.807) is 6.07 Å². The molecule has 3 rings (SSSR count). The van der Waals surface area contributed by atoms with E-state index < -0.39 is 0 Å². The summed E-state index contributed by atoms with van der Waals surface area (Å²) in [4.78, 5) is 0. The van der Waals surface area contributed by atoms with Crippen molar-refractivity contribution in [1.29, 1.82) is 0 Å². The summed E-state index contributed by atoms with van der Waals surface area (Å²) in [6, 6.07) is 7.45. The van der Waals surface area contributed by atoms with Crippen LogP contribution in [0.4, 0.5) is 5.69 Å². The Balaban J connectivity index is 2.11. The molecule has 1 aliphatic rings. The topological polar surface area (TPSA) is 57.6 Å². The Kier molecular flexibility index (Phi) is 2.21. The van der Waals surface area contributed by atoms with Crippen molar-refractivity contribution in [2.45, 2.75) is 6.92 Å². The van der Waals surface area contributed by atoms with Crippen LogP contribution in [0.3, 0.4) is 0 Å². The van der Waals surface area contributed by atoms with Crippen LogP contribution < -0.4 is 15.2 Å². The highest BCUT2D eigenvalue weighted by molar-refractivity contribution is 5.77. The third kappa shape index (κ3) is 1.71. The van der Waals surface area contributed by atoms with Crippen molar-refractivity contribution in [3.05, 3.63) is 30.0 Å². The number of rotatable bonds is 1. The van der Waals surface area contributed by atoms with Gasteiger partial charge in [0.05, 0.1) is 0 Å². The van der Waals surface area contributed by atoms with E-state index >= 15 is 0 Å². The van der Waals surface area contributed by atoms with Crippen LogP contribution in [0.15, 0.2) is 28.7 Å². The Bertz CT molecular complexity index is 560. The van der Waals surface area contributed by atoms with Gasteiger partial charge in [-0.3, -0.25) is 0 Å². The number of nitrogen functional groups attached to an aromatic ring is 1. The summed E-state index contributed by atoms with van der Waals surface area (Å²) >= 11 is 0. The molecule has 0 radical (unpaired) electrons. The summed E-state index contributed by atoms with van der Waals surface area (Å²) < 4.78 is 16.6. The molecule has 2 heterocycles. The van der Waals surface area contributed by atoms with Crippen LogP contribution in [0.5, 0.6) is 11.5 Å². The maximum absolute atomic E-state index is 5.99. The molecule has 0 unspecified atom stereocenters. The molecule has 0 atom stereocenters. The van der Waals surface area contributed by atoms with Crippen molar-refractivity contribution >= 4 is 5.69 Å². The third-order valence-electron chi connectivity index (χ3n) is 2.72. The number of anilines is 1. The Hall–Kier alpha value is -2.10. The number of nitrogens with two attached hydrogens (primary N) is 1. The SMILES string of the molecule is Cc1ccc(-c2cc3c(cc2N)OCCO3)o1. The highest BCUT2D eigenvalue weighted by atomic mass is 16.6. The van der Waals surface area contributed by atoms with E-state index in [2.05, 4.69) is 0 Å². The minimum absolute atomic E-state index is 0.561. The average Bonchev–Trinajstić information content (AvgIpc) is 2.75. The molecular formula is C13H13NO3. The van der Waals surface area contributed by atoms with Gasteiger partial charge >= 0.3 is 0 Å². The van der Waals surface area contributed by atoms with Crippen molar-refractivity contribution < 1.29 is 13.9 Å². The molecule has 88 valence electrons. The van der Waals surface area contributed by atoms with Gasteiger partial charge in [0.25, 0.3) is 0 Å². The molecule has 17 heavy (non-hydrogen) atoms. The summed E-state index contributed by atoms with van der Waals surface area (Å²) in [6.45, 7) is 3.02. The van der Waals surface area contributed by atoms with Crippen LogP contribution in [-0.2, 0) is 0 Å². The molecule has 0 aliphatic carbocycles. The lowest BCUT2D eigenvalue weighted by molar-refractivity contribution is 0.172. The van der Waals surface area contributed by atoms with E-state index in [1.165, 1.54) is 0 Å². The second-order valence-electron chi connectivity index (χ2n) is 3.99. The molecule has 1 aromatic carbocycles. The van der Waals surface area contributed by atoms with Crippen LogP contribution in [-0.4, -0.2) is 13.2 Å². The molecule has 2 N–H and O–H groups in total. The first kappa shape index (κ1) is 10.1. The van der Waals surface area contributed by atoms with Gasteiger partial charge in [0.15, 0.2) is 11.5 Å². The second-order valence-corrected chi connectivity index (χ2v) is 3.99. The molecule has 0 spiro atoms. The molecule has 0 amide bonds. The largest absolute Gasteiger partial charge is 0.486 e. The van der Waals surface area contributed by atoms with E-state index in [0.29, 0.717) is 24.7 Å². The molecule has 2 aromatic rings. The number of ether oxygens (including phenoxy) is 2. The van der Waals surface area contributed by atoms with Crippen molar-refractivity contribution in [3.8, 4) is 22.8 Å². The quantitative estimate of drug-likeness (QED) is 0.766. The van der Waals surface area contributed by atoms with Gasteiger partial charge in [-0.05, 0) is 25.1 Å². The maximum Gasteiger partial charge on any atom is 0.163 e. The number of hydrogen-bond donors (Lipinski definition) is 1. The van der Waals surface area contributed by atoms with E-state index in [0.717, 1.165) is 22.8 Å². The molecule has 1 aromatic heterocycles. The first-order chi connectivity index (χ1) is 8.24. The van der Waals surface area contributed by atoms with Crippen LogP contribution in [0.25, 0.3) is 11.3 Å². The van der Waals surface area contributed by atoms with Gasteiger partial charge in [0, 0.05) is 17.3 Å². The lowest BCUT2D eigenvalue weighted by Crippen LogP contribution is -2.15. The summed E-state index contributed by atoms with van der Waals surface area (Å²) in [6.07, 6.45) is 0. The first-order valence-electron chi connectivity index (χ1n) is 5.50. The predicted molar refractivity (Wildman–Crippen MR) is 64.3 cm³/mol. The van der Waals surface area contributed by atoms with E-state index in [-0.39, 0.29) is 0 Å². The van der Waals surface area contributed by atoms with Crippen molar-refractivity contribution in [2.24, 2.45) is 0 Å². The Morgan fingerprint density at radius 2 is 1.76 bits per heavy atom. The van der Waals surface area contributed by atoms with E-state index in [9.17, 15) is 0 Å². The average molecular weight is 231 g/mol. The molecular weight excluding hydrogens is 218 g/mol. The van der Waals surface area contributed by atoms with Crippen molar-refractivity contribution in [3.63, 3.8) is 0 Å². The summed E-state index contributed by atoms with van der Waals surface area (Å²) in [5.41, 5.74) is 7.45. The lowest BCUT2D eigenvalue weighted by Gasteiger charge is -2.19. The normalized spacial score (nSPS) is 13.7. The lowest BCUT2D eigenvalue weighted by atomic mass is 10.1. The van der Waals surface area contributed by atoms with Crippen LogP contribution in [0.2, 0.25) is 0 Å². The fourth-order valence-corrected chi connectivity index (χ4v) is 1.90.